The van der Waals surface area contributed by atoms with Crippen LogP contribution in [0.4, 0.5) is 5.13 Å². The molecule has 7 heteroatoms. The van der Waals surface area contributed by atoms with Gasteiger partial charge in [-0.15, -0.1) is 11.3 Å². The average Bonchev–Trinajstić information content (AvgIpc) is 2.81. The number of aromatic amines is 1. The fourth-order valence-electron chi connectivity index (χ4n) is 1.90. The SMILES string of the molecule is O=C(Nc1nc2c(s1)CNCC2)c1ccc(=O)[nH]c1. The maximum absolute atomic E-state index is 12.0. The van der Waals surface area contributed by atoms with Crippen LogP contribution in [0.5, 0.6) is 0 Å². The summed E-state index contributed by atoms with van der Waals surface area (Å²) in [6, 6.07) is 2.81. The van der Waals surface area contributed by atoms with E-state index in [0.717, 1.165) is 25.2 Å². The number of rotatable bonds is 2. The van der Waals surface area contributed by atoms with Gasteiger partial charge in [0.25, 0.3) is 5.91 Å². The number of fused-ring (bicyclic) bond motifs is 1. The Kier molecular flexibility index (Phi) is 3.14. The molecule has 0 atom stereocenters. The van der Waals surface area contributed by atoms with Crippen molar-refractivity contribution in [1.29, 1.82) is 0 Å². The van der Waals surface area contributed by atoms with Crippen molar-refractivity contribution in [2.24, 2.45) is 0 Å². The van der Waals surface area contributed by atoms with Gasteiger partial charge in [0.05, 0.1) is 11.3 Å². The van der Waals surface area contributed by atoms with Gasteiger partial charge in [-0.1, -0.05) is 0 Å². The van der Waals surface area contributed by atoms with Crippen molar-refractivity contribution < 1.29 is 4.79 Å². The first-order chi connectivity index (χ1) is 9.22. The summed E-state index contributed by atoms with van der Waals surface area (Å²) in [4.78, 5) is 30.9. The van der Waals surface area contributed by atoms with E-state index in [1.165, 1.54) is 34.5 Å². The van der Waals surface area contributed by atoms with Crippen LogP contribution in [0.1, 0.15) is 20.9 Å². The zero-order valence-corrected chi connectivity index (χ0v) is 10.8. The molecule has 3 rings (SSSR count). The zero-order valence-electron chi connectivity index (χ0n) is 10.0. The van der Waals surface area contributed by atoms with Gasteiger partial charge in [-0.3, -0.25) is 14.9 Å². The Hall–Kier alpha value is -1.99. The molecule has 0 bridgehead atoms. The molecule has 3 heterocycles. The number of aromatic nitrogens is 2. The van der Waals surface area contributed by atoms with E-state index in [1.54, 1.807) is 0 Å². The number of amides is 1. The summed E-state index contributed by atoms with van der Waals surface area (Å²) in [5.41, 5.74) is 1.23. The van der Waals surface area contributed by atoms with Crippen LogP contribution in [0.15, 0.2) is 23.1 Å². The maximum atomic E-state index is 12.0. The molecule has 0 radical (unpaired) electrons. The van der Waals surface area contributed by atoms with Crippen LogP contribution >= 0.6 is 11.3 Å². The van der Waals surface area contributed by atoms with E-state index in [9.17, 15) is 9.59 Å². The van der Waals surface area contributed by atoms with E-state index >= 15 is 0 Å². The number of nitrogens with one attached hydrogen (secondary N) is 3. The minimum atomic E-state index is -0.268. The highest BCUT2D eigenvalue weighted by atomic mass is 32.1. The maximum Gasteiger partial charge on any atom is 0.258 e. The van der Waals surface area contributed by atoms with Crippen molar-refractivity contribution >= 4 is 22.4 Å². The molecule has 0 aromatic carbocycles. The Morgan fingerprint density at radius 2 is 2.32 bits per heavy atom. The number of H-pyrrole nitrogens is 1. The molecule has 19 heavy (non-hydrogen) atoms. The molecule has 6 nitrogen and oxygen atoms in total. The molecule has 0 fully saturated rings. The summed E-state index contributed by atoms with van der Waals surface area (Å²) in [6.45, 7) is 1.73. The first kappa shape index (κ1) is 12.1. The molecule has 2 aromatic rings. The molecule has 3 N–H and O–H groups in total. The predicted molar refractivity (Wildman–Crippen MR) is 72.5 cm³/mol. The number of carbonyl (C=O) groups excluding carboxylic acids is 1. The highest BCUT2D eigenvalue weighted by molar-refractivity contribution is 7.15. The third-order valence-corrected chi connectivity index (χ3v) is 3.88. The largest absolute Gasteiger partial charge is 0.328 e. The Bertz CT molecular complexity index is 633. The number of carbonyl (C=O) groups is 1. The number of nitrogens with zero attached hydrogens (tertiary/aromatic N) is 1. The number of thiazole rings is 1. The van der Waals surface area contributed by atoms with E-state index in [-0.39, 0.29) is 11.5 Å². The highest BCUT2D eigenvalue weighted by Crippen LogP contribution is 2.25. The van der Waals surface area contributed by atoms with Gasteiger partial charge < -0.3 is 10.3 Å². The highest BCUT2D eigenvalue weighted by Gasteiger charge is 2.16. The van der Waals surface area contributed by atoms with E-state index in [4.69, 9.17) is 0 Å². The molecule has 0 unspecified atom stereocenters. The predicted octanol–water partition coefficient (Wildman–Crippen LogP) is 0.729. The molecule has 0 aliphatic carbocycles. The summed E-state index contributed by atoms with van der Waals surface area (Å²) in [7, 11) is 0. The average molecular weight is 276 g/mol. The lowest BCUT2D eigenvalue weighted by Gasteiger charge is -2.09. The summed E-state index contributed by atoms with van der Waals surface area (Å²) in [6.07, 6.45) is 2.28. The van der Waals surface area contributed by atoms with Crippen molar-refractivity contribution in [3.63, 3.8) is 0 Å². The van der Waals surface area contributed by atoms with Gasteiger partial charge in [-0.05, 0) is 6.07 Å². The lowest BCUT2D eigenvalue weighted by Crippen LogP contribution is -2.22. The molecule has 1 aliphatic rings. The molecule has 1 amide bonds. The number of pyridine rings is 1. The van der Waals surface area contributed by atoms with E-state index in [1.807, 2.05) is 0 Å². The van der Waals surface area contributed by atoms with Crippen LogP contribution in [-0.4, -0.2) is 22.4 Å². The van der Waals surface area contributed by atoms with E-state index in [0.29, 0.717) is 10.7 Å². The molecular formula is C12H12N4O2S. The monoisotopic (exact) mass is 276 g/mol. The van der Waals surface area contributed by atoms with Gasteiger partial charge in [0.15, 0.2) is 5.13 Å². The van der Waals surface area contributed by atoms with Crippen molar-refractivity contribution in [3.05, 3.63) is 44.8 Å². The third kappa shape index (κ3) is 2.56. The minimum Gasteiger partial charge on any atom is -0.328 e. The fraction of sp³-hybridized carbons (Fsp3) is 0.250. The van der Waals surface area contributed by atoms with E-state index in [2.05, 4.69) is 20.6 Å². The van der Waals surface area contributed by atoms with Gasteiger partial charge in [-0.2, -0.15) is 0 Å². The molecule has 2 aromatic heterocycles. The number of hydrogen-bond donors (Lipinski definition) is 3. The van der Waals surface area contributed by atoms with Crippen molar-refractivity contribution in [3.8, 4) is 0 Å². The Morgan fingerprint density at radius 3 is 3.05 bits per heavy atom. The second-order valence-corrected chi connectivity index (χ2v) is 5.30. The smallest absolute Gasteiger partial charge is 0.258 e. The minimum absolute atomic E-state index is 0.229. The van der Waals surface area contributed by atoms with Gasteiger partial charge in [0, 0.05) is 36.7 Å². The topological polar surface area (TPSA) is 86.9 Å². The Balaban J connectivity index is 1.77. The van der Waals surface area contributed by atoms with Crippen LogP contribution < -0.4 is 16.2 Å². The quantitative estimate of drug-likeness (QED) is 0.754. The van der Waals surface area contributed by atoms with Crippen molar-refractivity contribution in [2.45, 2.75) is 13.0 Å². The van der Waals surface area contributed by atoms with Crippen LogP contribution in [0.3, 0.4) is 0 Å². The normalized spacial score (nSPS) is 13.9. The first-order valence-electron chi connectivity index (χ1n) is 5.92. The van der Waals surface area contributed by atoms with E-state index < -0.39 is 0 Å². The summed E-state index contributed by atoms with van der Waals surface area (Å²) >= 11 is 1.48. The van der Waals surface area contributed by atoms with Crippen molar-refractivity contribution in [2.75, 3.05) is 11.9 Å². The lowest BCUT2D eigenvalue weighted by molar-refractivity contribution is 0.102. The van der Waals surface area contributed by atoms with Gasteiger partial charge in [-0.25, -0.2) is 4.98 Å². The molecular weight excluding hydrogens is 264 g/mol. The summed E-state index contributed by atoms with van der Waals surface area (Å²) in [5.74, 6) is -0.268. The Morgan fingerprint density at radius 1 is 1.42 bits per heavy atom. The summed E-state index contributed by atoms with van der Waals surface area (Å²) in [5, 5.41) is 6.62. The van der Waals surface area contributed by atoms with Crippen LogP contribution in [-0.2, 0) is 13.0 Å². The second kappa shape index (κ2) is 4.94. The third-order valence-electron chi connectivity index (χ3n) is 2.87. The van der Waals surface area contributed by atoms with Crippen LogP contribution in [0.25, 0.3) is 0 Å². The Labute approximate surface area is 112 Å². The number of hydrogen-bond acceptors (Lipinski definition) is 5. The van der Waals surface area contributed by atoms with Crippen LogP contribution in [0.2, 0.25) is 0 Å². The van der Waals surface area contributed by atoms with Gasteiger partial charge in [0.1, 0.15) is 0 Å². The first-order valence-corrected chi connectivity index (χ1v) is 6.73. The van der Waals surface area contributed by atoms with Gasteiger partial charge >= 0.3 is 0 Å². The summed E-state index contributed by atoms with van der Waals surface area (Å²) < 4.78 is 0. The standard InChI is InChI=1S/C12H12N4O2S/c17-10-2-1-7(5-14-10)11(18)16-12-15-8-3-4-13-6-9(8)19-12/h1-2,5,13H,3-4,6H2,(H,14,17)(H,15,16,18). The molecule has 98 valence electrons. The zero-order chi connectivity index (χ0) is 13.2. The van der Waals surface area contributed by atoms with Crippen LogP contribution in [0, 0.1) is 0 Å². The molecule has 1 aliphatic heterocycles. The lowest BCUT2D eigenvalue weighted by atomic mass is 10.2. The van der Waals surface area contributed by atoms with Gasteiger partial charge in [0.2, 0.25) is 5.56 Å². The second-order valence-electron chi connectivity index (χ2n) is 4.21. The fourth-order valence-corrected chi connectivity index (χ4v) is 2.87. The molecule has 0 saturated heterocycles. The molecule has 0 saturated carbocycles. The molecule has 0 spiro atoms. The van der Waals surface area contributed by atoms with Crippen molar-refractivity contribution in [1.82, 2.24) is 15.3 Å². The number of anilines is 1.